The Kier molecular flexibility index (Phi) is 5.63. The lowest BCUT2D eigenvalue weighted by Gasteiger charge is -2.50. The Morgan fingerprint density at radius 3 is 2.80 bits per heavy atom. The van der Waals surface area contributed by atoms with Crippen molar-refractivity contribution in [2.24, 2.45) is 13.0 Å². The van der Waals surface area contributed by atoms with Crippen molar-refractivity contribution in [2.45, 2.75) is 31.3 Å². The summed E-state index contributed by atoms with van der Waals surface area (Å²) in [5.41, 5.74) is 3.83. The lowest BCUT2D eigenvalue weighted by Crippen LogP contribution is -2.55. The van der Waals surface area contributed by atoms with Gasteiger partial charge in [-0.25, -0.2) is 0 Å². The molecule has 5 nitrogen and oxygen atoms in total. The van der Waals surface area contributed by atoms with E-state index in [4.69, 9.17) is 9.84 Å². The first-order valence-electron chi connectivity index (χ1n) is 10.9. The van der Waals surface area contributed by atoms with Crippen molar-refractivity contribution in [1.29, 1.82) is 0 Å². The van der Waals surface area contributed by atoms with Gasteiger partial charge < -0.3 is 10.1 Å². The van der Waals surface area contributed by atoms with Gasteiger partial charge in [0.2, 0.25) is 0 Å². The maximum atomic E-state index is 5.25. The summed E-state index contributed by atoms with van der Waals surface area (Å²) in [4.78, 5) is 3.96. The number of aromatic nitrogens is 2. The van der Waals surface area contributed by atoms with E-state index < -0.39 is 0 Å². The number of fused-ring (bicyclic) bond motifs is 3. The van der Waals surface area contributed by atoms with E-state index in [0.29, 0.717) is 12.0 Å². The van der Waals surface area contributed by atoms with Crippen LogP contribution in [0.4, 0.5) is 0 Å². The van der Waals surface area contributed by atoms with E-state index in [2.05, 4.69) is 57.7 Å². The van der Waals surface area contributed by atoms with Crippen LogP contribution in [0.3, 0.4) is 0 Å². The second-order valence-corrected chi connectivity index (χ2v) is 9.52. The Morgan fingerprint density at radius 2 is 2.10 bits per heavy atom. The molecule has 2 aromatic heterocycles. The molecule has 3 fully saturated rings. The minimum absolute atomic E-state index is 0.600. The molecule has 3 aliphatic rings. The second-order valence-electron chi connectivity index (χ2n) is 8.57. The molecule has 0 saturated carbocycles. The van der Waals surface area contributed by atoms with Gasteiger partial charge in [0.05, 0.1) is 12.0 Å². The zero-order valence-electron chi connectivity index (χ0n) is 17.8. The molecule has 5 heterocycles. The molecule has 2 bridgehead atoms. The van der Waals surface area contributed by atoms with Gasteiger partial charge in [0.15, 0.2) is 0 Å². The summed E-state index contributed by atoms with van der Waals surface area (Å²) in [6.45, 7) is 4.35. The summed E-state index contributed by atoms with van der Waals surface area (Å²) >= 11 is 1.77. The number of methoxy groups -OCH3 is 1. The first-order chi connectivity index (χ1) is 14.7. The number of ether oxygens (including phenoxy) is 1. The van der Waals surface area contributed by atoms with Gasteiger partial charge in [0.25, 0.3) is 0 Å². The standard InChI is InChI=1S/C24H30N4OS/c1-27-23(13-22(26-27)24-4-3-11-30-24)21-16-28-10-9-18(21)12-19(28)15-25-14-17-5-7-20(29-2)8-6-17/h3-8,11,13,18-19,21,25H,9-10,12,14-16H2,1-2H3/t18-,19+,21-/m0/s1. The van der Waals surface area contributed by atoms with Gasteiger partial charge in [0.1, 0.15) is 11.4 Å². The molecule has 0 aliphatic carbocycles. The summed E-state index contributed by atoms with van der Waals surface area (Å²) in [5, 5.41) is 10.6. The molecule has 0 spiro atoms. The van der Waals surface area contributed by atoms with Crippen molar-refractivity contribution in [3.63, 3.8) is 0 Å². The third-order valence-electron chi connectivity index (χ3n) is 6.82. The second kappa shape index (κ2) is 8.53. The number of hydrogen-bond donors (Lipinski definition) is 1. The average molecular weight is 423 g/mol. The van der Waals surface area contributed by atoms with Crippen molar-refractivity contribution in [2.75, 3.05) is 26.7 Å². The smallest absolute Gasteiger partial charge is 0.118 e. The van der Waals surface area contributed by atoms with Crippen LogP contribution in [0.1, 0.15) is 30.0 Å². The first kappa shape index (κ1) is 19.8. The van der Waals surface area contributed by atoms with Crippen LogP contribution in [0.15, 0.2) is 47.8 Å². The Labute approximate surface area is 182 Å². The quantitative estimate of drug-likeness (QED) is 0.622. The number of thiophene rings is 1. The number of nitrogens with one attached hydrogen (secondary N) is 1. The van der Waals surface area contributed by atoms with E-state index in [-0.39, 0.29) is 0 Å². The Balaban J connectivity index is 1.20. The first-order valence-corrected chi connectivity index (χ1v) is 11.7. The van der Waals surface area contributed by atoms with Gasteiger partial charge in [-0.1, -0.05) is 18.2 Å². The van der Waals surface area contributed by atoms with Crippen molar-refractivity contribution < 1.29 is 4.74 Å². The fraction of sp³-hybridized carbons (Fsp3) is 0.458. The van der Waals surface area contributed by atoms with Gasteiger partial charge in [-0.15, -0.1) is 11.3 Å². The molecular weight excluding hydrogens is 392 g/mol. The van der Waals surface area contributed by atoms with Crippen LogP contribution in [0, 0.1) is 5.92 Å². The van der Waals surface area contributed by atoms with Gasteiger partial charge in [-0.2, -0.15) is 5.10 Å². The maximum absolute atomic E-state index is 5.25. The highest BCUT2D eigenvalue weighted by atomic mass is 32.1. The van der Waals surface area contributed by atoms with Crippen molar-refractivity contribution in [3.8, 4) is 16.3 Å². The molecule has 30 heavy (non-hydrogen) atoms. The van der Waals surface area contributed by atoms with Crippen molar-refractivity contribution in [1.82, 2.24) is 20.0 Å². The molecule has 6 rings (SSSR count). The van der Waals surface area contributed by atoms with E-state index in [1.165, 1.54) is 35.5 Å². The largest absolute Gasteiger partial charge is 0.497 e. The summed E-state index contributed by atoms with van der Waals surface area (Å²) in [5.74, 6) is 2.27. The molecule has 3 saturated heterocycles. The summed E-state index contributed by atoms with van der Waals surface area (Å²) in [6, 6.07) is 15.6. The van der Waals surface area contributed by atoms with Crippen LogP contribution < -0.4 is 10.1 Å². The van der Waals surface area contributed by atoms with Crippen LogP contribution in [0.25, 0.3) is 10.6 Å². The van der Waals surface area contributed by atoms with Gasteiger partial charge in [0, 0.05) is 44.3 Å². The minimum atomic E-state index is 0.600. The third-order valence-corrected chi connectivity index (χ3v) is 7.71. The third kappa shape index (κ3) is 3.92. The molecule has 1 N–H and O–H groups in total. The number of nitrogens with zero attached hydrogens (tertiary/aromatic N) is 3. The molecule has 0 amide bonds. The normalized spacial score (nSPS) is 25.5. The fourth-order valence-electron chi connectivity index (χ4n) is 5.19. The molecule has 3 aromatic rings. The summed E-state index contributed by atoms with van der Waals surface area (Å²) < 4.78 is 7.37. The van der Waals surface area contributed by atoms with E-state index in [1.807, 2.05) is 12.1 Å². The lowest BCUT2D eigenvalue weighted by molar-refractivity contribution is 0.0282. The molecule has 158 valence electrons. The highest BCUT2D eigenvalue weighted by Crippen LogP contribution is 2.42. The number of benzene rings is 1. The molecule has 1 aromatic carbocycles. The van der Waals surface area contributed by atoms with Crippen LogP contribution in [0.5, 0.6) is 5.75 Å². The SMILES string of the molecule is COc1ccc(CNC[C@H]2C[C@@H]3CCN2C[C@@H]3c2cc(-c3cccs3)nn2C)cc1. The van der Waals surface area contributed by atoms with E-state index in [0.717, 1.165) is 37.0 Å². The number of rotatable bonds is 7. The number of hydrogen-bond acceptors (Lipinski definition) is 5. The Bertz CT molecular complexity index is 966. The minimum Gasteiger partial charge on any atom is -0.497 e. The van der Waals surface area contributed by atoms with E-state index in [1.54, 1.807) is 18.4 Å². The van der Waals surface area contributed by atoms with Gasteiger partial charge in [-0.3, -0.25) is 9.58 Å². The predicted octanol–water partition coefficient (Wildman–Crippen LogP) is 4.12. The summed E-state index contributed by atoms with van der Waals surface area (Å²) in [6.07, 6.45) is 2.58. The Hall–Kier alpha value is -2.15. The molecular formula is C24H30N4OS. The molecule has 6 heteroatoms. The molecule has 4 atom stereocenters. The van der Waals surface area contributed by atoms with Crippen LogP contribution in [-0.4, -0.2) is 47.5 Å². The molecule has 1 unspecified atom stereocenters. The molecule has 0 radical (unpaired) electrons. The monoisotopic (exact) mass is 422 g/mol. The van der Waals surface area contributed by atoms with Crippen LogP contribution in [-0.2, 0) is 13.6 Å². The molecule has 3 aliphatic heterocycles. The summed E-state index contributed by atoms with van der Waals surface area (Å²) in [7, 11) is 3.82. The highest BCUT2D eigenvalue weighted by Gasteiger charge is 2.41. The fourth-order valence-corrected chi connectivity index (χ4v) is 5.87. The zero-order chi connectivity index (χ0) is 20.5. The average Bonchev–Trinajstić information content (AvgIpc) is 3.44. The van der Waals surface area contributed by atoms with Crippen molar-refractivity contribution >= 4 is 11.3 Å². The van der Waals surface area contributed by atoms with Crippen LogP contribution >= 0.6 is 11.3 Å². The maximum Gasteiger partial charge on any atom is 0.118 e. The zero-order valence-corrected chi connectivity index (χ0v) is 18.6. The van der Waals surface area contributed by atoms with E-state index >= 15 is 0 Å². The topological polar surface area (TPSA) is 42.3 Å². The van der Waals surface area contributed by atoms with Gasteiger partial charge in [-0.05, 0) is 60.5 Å². The predicted molar refractivity (Wildman–Crippen MR) is 122 cm³/mol. The van der Waals surface area contributed by atoms with E-state index in [9.17, 15) is 0 Å². The Morgan fingerprint density at radius 1 is 1.23 bits per heavy atom. The van der Waals surface area contributed by atoms with Crippen molar-refractivity contribution in [3.05, 3.63) is 59.1 Å². The lowest BCUT2D eigenvalue weighted by atomic mass is 9.74. The highest BCUT2D eigenvalue weighted by molar-refractivity contribution is 7.13. The number of piperidine rings is 3. The van der Waals surface area contributed by atoms with Crippen LogP contribution in [0.2, 0.25) is 0 Å². The number of aryl methyl sites for hydroxylation is 1. The van der Waals surface area contributed by atoms with Gasteiger partial charge >= 0.3 is 0 Å².